The number of amides is 1. The molecule has 0 rings (SSSR count). The summed E-state index contributed by atoms with van der Waals surface area (Å²) in [5.41, 5.74) is 0. The second-order valence-corrected chi connectivity index (χ2v) is 8.09. The van der Waals surface area contributed by atoms with Crippen LogP contribution in [-0.2, 0) is 9.59 Å². The number of carboxylic acid groups (broad SMARTS) is 1. The molecule has 0 saturated heterocycles. The zero-order valence-corrected chi connectivity index (χ0v) is 20.0. The van der Waals surface area contributed by atoms with Gasteiger partial charge in [0.1, 0.15) is 6.04 Å². The van der Waals surface area contributed by atoms with Crippen molar-refractivity contribution in [1.29, 1.82) is 0 Å². The van der Waals surface area contributed by atoms with Crippen molar-refractivity contribution in [3.8, 4) is 0 Å². The van der Waals surface area contributed by atoms with Crippen molar-refractivity contribution >= 4 is 11.9 Å². The van der Waals surface area contributed by atoms with Gasteiger partial charge in [0.2, 0.25) is 5.91 Å². The second kappa shape index (κ2) is 19.6. The molecule has 0 aliphatic carbocycles. The van der Waals surface area contributed by atoms with Gasteiger partial charge in [-0.25, -0.2) is 4.79 Å². The summed E-state index contributed by atoms with van der Waals surface area (Å²) < 4.78 is 0. The lowest BCUT2D eigenvalue weighted by atomic mass is 10.0. The third-order valence-corrected chi connectivity index (χ3v) is 4.76. The third kappa shape index (κ3) is 17.1. The smallest absolute Gasteiger partial charge is 0.326 e. The molecule has 1 N–H and O–H groups in total. The fraction of sp³-hybridized carbons (Fsp3) is 0.556. The summed E-state index contributed by atoms with van der Waals surface area (Å²) in [5.74, 6) is -0.791. The fourth-order valence-corrected chi connectivity index (χ4v) is 2.96. The van der Waals surface area contributed by atoms with E-state index in [1.807, 2.05) is 13.8 Å². The van der Waals surface area contributed by atoms with Gasteiger partial charge in [-0.05, 0) is 57.3 Å². The number of likely N-dealkylation sites (N-methyl/N-ethyl adjacent to an activating group) is 1. The first-order valence-corrected chi connectivity index (χ1v) is 11.6. The maximum Gasteiger partial charge on any atom is 0.326 e. The lowest BCUT2D eigenvalue weighted by Crippen LogP contribution is -2.43. The molecule has 174 valence electrons. The molecule has 0 aliphatic heterocycles. The minimum atomic E-state index is -0.928. The number of aliphatic carboxylic acids is 1. The number of carbonyl (C=O) groups is 2. The Kier molecular flexibility index (Phi) is 18.1. The largest absolute Gasteiger partial charge is 0.480 e. The van der Waals surface area contributed by atoms with Crippen molar-refractivity contribution in [2.45, 2.75) is 84.6 Å². The average molecular weight is 430 g/mol. The predicted molar refractivity (Wildman–Crippen MR) is 132 cm³/mol. The van der Waals surface area contributed by atoms with E-state index in [-0.39, 0.29) is 11.8 Å². The maximum absolute atomic E-state index is 12.2. The molecule has 4 nitrogen and oxygen atoms in total. The molecule has 31 heavy (non-hydrogen) atoms. The Balaban J connectivity index is 3.90. The van der Waals surface area contributed by atoms with Crippen LogP contribution < -0.4 is 0 Å². The summed E-state index contributed by atoms with van der Waals surface area (Å²) in [7, 11) is 1.60. The van der Waals surface area contributed by atoms with E-state index in [9.17, 15) is 14.7 Å². The number of rotatable bonds is 17. The fourth-order valence-electron chi connectivity index (χ4n) is 2.96. The Hall–Kier alpha value is -2.36. The standard InChI is InChI=1S/C27H43NO3/c1-5-6-7-8-9-10-11-12-13-14-15-16-17-18-19-20-21-22-26(29)28(4)25(27(30)31)23-24(2)3/h6-7,9-10,12-13,15-16,18-19,24-25H,5,8,11,14,17,20-23H2,1-4H3,(H,30,31)/b7-6-,10-9-,13-12-,16-15-,19-18-/t25-/m0/s1. The van der Waals surface area contributed by atoms with E-state index in [0.29, 0.717) is 12.8 Å². The van der Waals surface area contributed by atoms with Gasteiger partial charge in [0.25, 0.3) is 0 Å². The molecule has 0 aromatic carbocycles. The summed E-state index contributed by atoms with van der Waals surface area (Å²) in [4.78, 5) is 25.0. The Morgan fingerprint density at radius 1 is 0.806 bits per heavy atom. The molecule has 0 unspecified atom stereocenters. The highest BCUT2D eigenvalue weighted by atomic mass is 16.4. The third-order valence-electron chi connectivity index (χ3n) is 4.76. The number of carboxylic acids is 1. The highest BCUT2D eigenvalue weighted by molar-refractivity contribution is 5.83. The molecular weight excluding hydrogens is 386 g/mol. The van der Waals surface area contributed by atoms with Crippen LogP contribution in [0.2, 0.25) is 0 Å². The molecule has 0 radical (unpaired) electrons. The van der Waals surface area contributed by atoms with Crippen molar-refractivity contribution in [2.24, 2.45) is 5.92 Å². The van der Waals surface area contributed by atoms with E-state index < -0.39 is 12.0 Å². The second-order valence-electron chi connectivity index (χ2n) is 8.09. The normalized spacial score (nSPS) is 13.6. The van der Waals surface area contributed by atoms with E-state index >= 15 is 0 Å². The molecule has 0 aromatic heterocycles. The van der Waals surface area contributed by atoms with Gasteiger partial charge in [0.15, 0.2) is 0 Å². The first-order valence-electron chi connectivity index (χ1n) is 11.6. The first kappa shape index (κ1) is 28.6. The van der Waals surface area contributed by atoms with Crippen LogP contribution in [0.25, 0.3) is 0 Å². The van der Waals surface area contributed by atoms with E-state index in [1.165, 1.54) is 4.90 Å². The summed E-state index contributed by atoms with van der Waals surface area (Å²) in [6.07, 6.45) is 29.0. The van der Waals surface area contributed by atoms with Crippen LogP contribution in [0.15, 0.2) is 60.8 Å². The highest BCUT2D eigenvalue weighted by Crippen LogP contribution is 2.13. The Morgan fingerprint density at radius 2 is 1.26 bits per heavy atom. The Bertz CT molecular complexity index is 626. The van der Waals surface area contributed by atoms with Crippen molar-refractivity contribution in [3.05, 3.63) is 60.8 Å². The van der Waals surface area contributed by atoms with Crippen LogP contribution in [0, 0.1) is 5.92 Å². The van der Waals surface area contributed by atoms with Gasteiger partial charge in [-0.2, -0.15) is 0 Å². The molecule has 0 bridgehead atoms. The topological polar surface area (TPSA) is 57.6 Å². The first-order chi connectivity index (χ1) is 14.9. The SMILES string of the molecule is CC/C=C\C/C=C\C/C=C\C/C=C\C/C=C\CCCC(=O)N(C)[C@@H](CC(C)C)C(=O)O. The number of nitrogens with zero attached hydrogens (tertiary/aromatic N) is 1. The van der Waals surface area contributed by atoms with Gasteiger partial charge >= 0.3 is 5.97 Å². The molecule has 0 heterocycles. The van der Waals surface area contributed by atoms with E-state index in [2.05, 4.69) is 67.7 Å². The number of hydrogen-bond acceptors (Lipinski definition) is 2. The molecule has 0 aromatic rings. The number of hydrogen-bond donors (Lipinski definition) is 1. The average Bonchev–Trinajstić information content (AvgIpc) is 2.73. The predicted octanol–water partition coefficient (Wildman–Crippen LogP) is 6.87. The Morgan fingerprint density at radius 3 is 1.68 bits per heavy atom. The zero-order chi connectivity index (χ0) is 23.3. The molecule has 0 saturated carbocycles. The molecule has 0 spiro atoms. The zero-order valence-electron chi connectivity index (χ0n) is 20.0. The molecule has 4 heteroatoms. The van der Waals surface area contributed by atoms with Gasteiger partial charge < -0.3 is 10.0 Å². The lowest BCUT2D eigenvalue weighted by molar-refractivity contribution is -0.149. The maximum atomic E-state index is 12.2. The summed E-state index contributed by atoms with van der Waals surface area (Å²) in [6.45, 7) is 6.08. The molecule has 0 fully saturated rings. The van der Waals surface area contributed by atoms with E-state index in [0.717, 1.165) is 44.9 Å². The monoisotopic (exact) mass is 429 g/mol. The van der Waals surface area contributed by atoms with Crippen LogP contribution in [0.1, 0.15) is 78.6 Å². The number of carbonyl (C=O) groups excluding carboxylic acids is 1. The summed E-state index contributed by atoms with van der Waals surface area (Å²) in [6, 6.07) is -0.735. The van der Waals surface area contributed by atoms with Gasteiger partial charge in [-0.1, -0.05) is 81.5 Å². The lowest BCUT2D eigenvalue weighted by Gasteiger charge is -2.26. The van der Waals surface area contributed by atoms with Crippen molar-refractivity contribution < 1.29 is 14.7 Å². The van der Waals surface area contributed by atoms with Gasteiger partial charge in [-0.3, -0.25) is 4.79 Å². The molecular formula is C27H43NO3. The van der Waals surface area contributed by atoms with Gasteiger partial charge in [-0.15, -0.1) is 0 Å². The van der Waals surface area contributed by atoms with Crippen LogP contribution >= 0.6 is 0 Å². The van der Waals surface area contributed by atoms with Crippen LogP contribution in [0.5, 0.6) is 0 Å². The van der Waals surface area contributed by atoms with Crippen LogP contribution in [0.4, 0.5) is 0 Å². The van der Waals surface area contributed by atoms with Gasteiger partial charge in [0.05, 0.1) is 0 Å². The Labute approximate surface area is 190 Å². The minimum Gasteiger partial charge on any atom is -0.480 e. The van der Waals surface area contributed by atoms with E-state index in [1.54, 1.807) is 7.05 Å². The summed E-state index contributed by atoms with van der Waals surface area (Å²) in [5, 5.41) is 9.34. The number of unbranched alkanes of at least 4 members (excludes halogenated alkanes) is 1. The minimum absolute atomic E-state index is 0.0968. The van der Waals surface area contributed by atoms with Crippen molar-refractivity contribution in [2.75, 3.05) is 7.05 Å². The van der Waals surface area contributed by atoms with Crippen molar-refractivity contribution in [3.63, 3.8) is 0 Å². The summed E-state index contributed by atoms with van der Waals surface area (Å²) >= 11 is 0. The van der Waals surface area contributed by atoms with Gasteiger partial charge in [0, 0.05) is 13.5 Å². The van der Waals surface area contributed by atoms with Crippen LogP contribution in [0.3, 0.4) is 0 Å². The molecule has 0 aliphatic rings. The quantitative estimate of drug-likeness (QED) is 0.203. The van der Waals surface area contributed by atoms with E-state index in [4.69, 9.17) is 0 Å². The van der Waals surface area contributed by atoms with Crippen LogP contribution in [-0.4, -0.2) is 35.0 Å². The molecule has 1 amide bonds. The number of allylic oxidation sites excluding steroid dienone is 10. The van der Waals surface area contributed by atoms with Crippen molar-refractivity contribution in [1.82, 2.24) is 4.90 Å². The molecule has 1 atom stereocenters. The highest BCUT2D eigenvalue weighted by Gasteiger charge is 2.26.